The number of alkyl halides is 3. The number of carbonyl (C=O) groups is 1. The third-order valence-corrected chi connectivity index (χ3v) is 3.68. The molecule has 0 atom stereocenters. The molecule has 0 amide bonds. The van der Waals surface area contributed by atoms with E-state index >= 15 is 0 Å². The van der Waals surface area contributed by atoms with E-state index < -0.39 is 17.7 Å². The van der Waals surface area contributed by atoms with E-state index in [-0.39, 0.29) is 27.8 Å². The van der Waals surface area contributed by atoms with E-state index in [9.17, 15) is 23.1 Å². The lowest BCUT2D eigenvalue weighted by Gasteiger charge is -2.17. The van der Waals surface area contributed by atoms with Crippen molar-refractivity contribution in [2.45, 2.75) is 13.1 Å². The van der Waals surface area contributed by atoms with Crippen LogP contribution >= 0.6 is 0 Å². The summed E-state index contributed by atoms with van der Waals surface area (Å²) >= 11 is 0. The third kappa shape index (κ3) is 2.58. The number of aromatic carboxylic acids is 1. The van der Waals surface area contributed by atoms with Gasteiger partial charge in [-0.05, 0) is 24.6 Å². The number of carboxylic acid groups (broad SMARTS) is 1. The number of benzene rings is 1. The Balaban J connectivity index is 2.51. The van der Waals surface area contributed by atoms with E-state index in [2.05, 4.69) is 9.97 Å². The molecule has 1 aromatic carbocycles. The first kappa shape index (κ1) is 15.9. The fourth-order valence-corrected chi connectivity index (χ4v) is 2.72. The van der Waals surface area contributed by atoms with Crippen molar-refractivity contribution in [2.75, 3.05) is 0 Å². The second kappa shape index (κ2) is 5.59. The van der Waals surface area contributed by atoms with Crippen molar-refractivity contribution in [2.24, 2.45) is 0 Å². The van der Waals surface area contributed by atoms with Crippen molar-refractivity contribution in [3.05, 3.63) is 59.5 Å². The van der Waals surface area contributed by atoms with Crippen molar-refractivity contribution < 1.29 is 23.1 Å². The fourth-order valence-electron chi connectivity index (χ4n) is 2.72. The van der Waals surface area contributed by atoms with E-state index in [0.717, 1.165) is 6.07 Å². The summed E-state index contributed by atoms with van der Waals surface area (Å²) in [6, 6.07) is 6.43. The van der Waals surface area contributed by atoms with Crippen LogP contribution in [0.4, 0.5) is 13.2 Å². The predicted octanol–water partition coefficient (Wildman–Crippen LogP) is 4.32. The standard InChI is InChI=1S/C17H11F3N2O2/c1-9-14(16(23)24)15(11-8-21-7-6-13(11)22-9)10-4-2-3-5-12(10)17(18,19)20/h2-8H,1H3,(H,23,24). The first-order chi connectivity index (χ1) is 11.3. The predicted molar refractivity (Wildman–Crippen MR) is 81.7 cm³/mol. The van der Waals surface area contributed by atoms with Crippen molar-refractivity contribution in [3.8, 4) is 11.1 Å². The lowest BCUT2D eigenvalue weighted by Crippen LogP contribution is -2.11. The van der Waals surface area contributed by atoms with Crippen LogP contribution in [0.2, 0.25) is 0 Å². The van der Waals surface area contributed by atoms with Crippen LogP contribution in [0.5, 0.6) is 0 Å². The van der Waals surface area contributed by atoms with Crippen molar-refractivity contribution in [1.29, 1.82) is 0 Å². The van der Waals surface area contributed by atoms with Crippen LogP contribution in [0.1, 0.15) is 21.6 Å². The summed E-state index contributed by atoms with van der Waals surface area (Å²) in [4.78, 5) is 19.8. The highest BCUT2D eigenvalue weighted by Crippen LogP contribution is 2.41. The monoisotopic (exact) mass is 332 g/mol. The quantitative estimate of drug-likeness (QED) is 0.759. The summed E-state index contributed by atoms with van der Waals surface area (Å²) in [7, 11) is 0. The lowest BCUT2D eigenvalue weighted by atomic mass is 9.91. The van der Waals surface area contributed by atoms with E-state index in [4.69, 9.17) is 0 Å². The van der Waals surface area contributed by atoms with Gasteiger partial charge in [-0.1, -0.05) is 18.2 Å². The minimum Gasteiger partial charge on any atom is -0.478 e. The van der Waals surface area contributed by atoms with Gasteiger partial charge in [0.2, 0.25) is 0 Å². The first-order valence-corrected chi connectivity index (χ1v) is 6.95. The summed E-state index contributed by atoms with van der Waals surface area (Å²) in [5.74, 6) is -1.34. The zero-order valence-electron chi connectivity index (χ0n) is 12.4. The van der Waals surface area contributed by atoms with Crippen LogP contribution in [0.15, 0.2) is 42.7 Å². The van der Waals surface area contributed by atoms with Crippen LogP contribution in [-0.4, -0.2) is 21.0 Å². The topological polar surface area (TPSA) is 63.1 Å². The summed E-state index contributed by atoms with van der Waals surface area (Å²) in [6.07, 6.45) is -1.83. The van der Waals surface area contributed by atoms with Gasteiger partial charge < -0.3 is 5.11 Å². The van der Waals surface area contributed by atoms with Crippen LogP contribution in [-0.2, 0) is 6.18 Å². The Labute approximate surface area is 134 Å². The molecule has 0 aliphatic rings. The van der Waals surface area contributed by atoms with Crippen molar-refractivity contribution >= 4 is 16.9 Å². The Morgan fingerprint density at radius 3 is 2.54 bits per heavy atom. The molecule has 0 saturated heterocycles. The van der Waals surface area contributed by atoms with Gasteiger partial charge in [-0.2, -0.15) is 13.2 Å². The smallest absolute Gasteiger partial charge is 0.417 e. The van der Waals surface area contributed by atoms with E-state index in [1.807, 2.05) is 0 Å². The van der Waals surface area contributed by atoms with E-state index in [1.54, 1.807) is 0 Å². The first-order valence-electron chi connectivity index (χ1n) is 6.95. The van der Waals surface area contributed by atoms with Gasteiger partial charge in [0.25, 0.3) is 0 Å². The Morgan fingerprint density at radius 2 is 1.88 bits per heavy atom. The highest BCUT2D eigenvalue weighted by molar-refractivity contribution is 6.07. The number of nitrogens with zero attached hydrogens (tertiary/aromatic N) is 2. The van der Waals surface area contributed by atoms with E-state index in [1.165, 1.54) is 43.6 Å². The van der Waals surface area contributed by atoms with Crippen LogP contribution in [0.3, 0.4) is 0 Å². The minimum atomic E-state index is -4.61. The Kier molecular flexibility index (Phi) is 3.71. The molecule has 1 N–H and O–H groups in total. The molecule has 3 aromatic rings. The van der Waals surface area contributed by atoms with Gasteiger partial charge in [-0.15, -0.1) is 0 Å². The number of carboxylic acids is 1. The maximum atomic E-state index is 13.4. The fraction of sp³-hybridized carbons (Fsp3) is 0.118. The molecule has 2 aromatic heterocycles. The van der Waals surface area contributed by atoms with Gasteiger partial charge in [0.05, 0.1) is 22.3 Å². The highest BCUT2D eigenvalue weighted by atomic mass is 19.4. The number of halogens is 3. The van der Waals surface area contributed by atoms with Gasteiger partial charge in [0, 0.05) is 23.3 Å². The summed E-state index contributed by atoms with van der Waals surface area (Å²) in [5.41, 5.74) is -0.847. The molecule has 0 spiro atoms. The van der Waals surface area contributed by atoms with Crippen molar-refractivity contribution in [1.82, 2.24) is 9.97 Å². The number of rotatable bonds is 2. The second-order valence-electron chi connectivity index (χ2n) is 5.19. The van der Waals surface area contributed by atoms with Gasteiger partial charge in [-0.3, -0.25) is 9.97 Å². The molecule has 2 heterocycles. The number of hydrogen-bond donors (Lipinski definition) is 1. The molecule has 0 saturated carbocycles. The molecule has 0 aliphatic heterocycles. The van der Waals surface area contributed by atoms with Crippen LogP contribution in [0, 0.1) is 6.92 Å². The molecular formula is C17H11F3N2O2. The van der Waals surface area contributed by atoms with Gasteiger partial charge in [0.15, 0.2) is 0 Å². The van der Waals surface area contributed by atoms with Crippen molar-refractivity contribution in [3.63, 3.8) is 0 Å². The molecule has 7 heteroatoms. The highest BCUT2D eigenvalue weighted by Gasteiger charge is 2.35. The molecular weight excluding hydrogens is 321 g/mol. The maximum Gasteiger partial charge on any atom is 0.417 e. The summed E-state index contributed by atoms with van der Waals surface area (Å²) in [6.45, 7) is 1.46. The molecule has 0 fully saturated rings. The lowest BCUT2D eigenvalue weighted by molar-refractivity contribution is -0.137. The molecule has 122 valence electrons. The minimum absolute atomic E-state index is 0.0222. The largest absolute Gasteiger partial charge is 0.478 e. The van der Waals surface area contributed by atoms with Gasteiger partial charge in [0.1, 0.15) is 0 Å². The molecule has 4 nitrogen and oxygen atoms in total. The second-order valence-corrected chi connectivity index (χ2v) is 5.19. The summed E-state index contributed by atoms with van der Waals surface area (Å²) in [5, 5.41) is 9.78. The summed E-state index contributed by atoms with van der Waals surface area (Å²) < 4.78 is 40.2. The zero-order chi connectivity index (χ0) is 17.5. The average molecular weight is 332 g/mol. The normalized spacial score (nSPS) is 11.7. The molecule has 0 unspecified atom stereocenters. The molecule has 3 rings (SSSR count). The van der Waals surface area contributed by atoms with Gasteiger partial charge in [-0.25, -0.2) is 4.79 Å². The van der Waals surface area contributed by atoms with E-state index in [0.29, 0.717) is 5.52 Å². The molecule has 24 heavy (non-hydrogen) atoms. The zero-order valence-corrected chi connectivity index (χ0v) is 12.4. The van der Waals surface area contributed by atoms with Crippen LogP contribution < -0.4 is 0 Å². The average Bonchev–Trinajstić information content (AvgIpc) is 2.52. The Bertz CT molecular complexity index is 952. The number of aryl methyl sites for hydroxylation is 1. The Hall–Kier alpha value is -2.96. The van der Waals surface area contributed by atoms with Gasteiger partial charge >= 0.3 is 12.1 Å². The molecule has 0 aliphatic carbocycles. The molecule has 0 bridgehead atoms. The number of hydrogen-bond acceptors (Lipinski definition) is 3. The number of pyridine rings is 2. The molecule has 0 radical (unpaired) electrons. The third-order valence-electron chi connectivity index (χ3n) is 3.68. The maximum absolute atomic E-state index is 13.4. The van der Waals surface area contributed by atoms with Crippen LogP contribution in [0.25, 0.3) is 22.0 Å². The Morgan fingerprint density at radius 1 is 1.17 bits per heavy atom. The number of fused-ring (bicyclic) bond motifs is 1. The SMILES string of the molecule is Cc1nc2ccncc2c(-c2ccccc2C(F)(F)F)c1C(=O)O. The number of aromatic nitrogens is 2.